The molecule has 0 saturated carbocycles. The van der Waals surface area contributed by atoms with Crippen LogP contribution in [0.15, 0.2) is 29.0 Å². The second kappa shape index (κ2) is 7.60. The number of likely N-dealkylation sites (tertiary alicyclic amines) is 1. The number of rotatable bonds is 6. The van der Waals surface area contributed by atoms with Crippen molar-refractivity contribution in [3.8, 4) is 0 Å². The van der Waals surface area contributed by atoms with Gasteiger partial charge in [0.25, 0.3) is 0 Å². The van der Waals surface area contributed by atoms with E-state index >= 15 is 0 Å². The van der Waals surface area contributed by atoms with Crippen molar-refractivity contribution < 1.29 is 9.32 Å². The fraction of sp³-hybridized carbons (Fsp3) is 0.526. The van der Waals surface area contributed by atoms with Crippen LogP contribution in [0.25, 0.3) is 0 Å². The number of hydrogen-bond acceptors (Lipinski definition) is 4. The molecule has 2 aromatic rings. The molecule has 5 nitrogen and oxygen atoms in total. The fourth-order valence-electron chi connectivity index (χ4n) is 3.58. The van der Waals surface area contributed by atoms with Crippen molar-refractivity contribution in [2.24, 2.45) is 0 Å². The van der Waals surface area contributed by atoms with Crippen LogP contribution in [-0.2, 0) is 17.6 Å². The maximum absolute atomic E-state index is 12.6. The first-order valence-corrected chi connectivity index (χ1v) is 8.75. The van der Waals surface area contributed by atoms with Gasteiger partial charge in [0.2, 0.25) is 5.91 Å². The normalized spacial score (nSPS) is 17.4. The summed E-state index contributed by atoms with van der Waals surface area (Å²) in [7, 11) is 0. The first-order valence-electron chi connectivity index (χ1n) is 8.75. The zero-order chi connectivity index (χ0) is 16.9. The Kier molecular flexibility index (Phi) is 5.28. The topological polar surface area (TPSA) is 59.2 Å². The number of pyridine rings is 1. The van der Waals surface area contributed by atoms with E-state index in [1.165, 1.54) is 5.56 Å². The zero-order valence-electron chi connectivity index (χ0n) is 14.5. The monoisotopic (exact) mass is 327 g/mol. The Bertz CT molecular complexity index is 662. The number of amides is 1. The first kappa shape index (κ1) is 16.7. The molecule has 1 aliphatic rings. The molecule has 24 heavy (non-hydrogen) atoms. The molecule has 0 N–H and O–H groups in total. The van der Waals surface area contributed by atoms with Crippen LogP contribution in [0.3, 0.4) is 0 Å². The number of nitrogens with zero attached hydrogens (tertiary/aromatic N) is 3. The molecule has 0 aliphatic carbocycles. The van der Waals surface area contributed by atoms with Gasteiger partial charge in [0.05, 0.1) is 5.69 Å². The summed E-state index contributed by atoms with van der Waals surface area (Å²) in [5.74, 6) is 1.09. The maximum atomic E-state index is 12.6. The number of hydrogen-bond donors (Lipinski definition) is 0. The summed E-state index contributed by atoms with van der Waals surface area (Å²) in [6, 6.07) is 4.48. The molecule has 1 atom stereocenters. The van der Waals surface area contributed by atoms with E-state index in [0.717, 1.165) is 49.2 Å². The molecule has 1 saturated heterocycles. The highest BCUT2D eigenvalue weighted by atomic mass is 16.5. The van der Waals surface area contributed by atoms with Crippen LogP contribution in [0.1, 0.15) is 48.3 Å². The smallest absolute Gasteiger partial charge is 0.223 e. The van der Waals surface area contributed by atoms with Crippen molar-refractivity contribution in [1.29, 1.82) is 0 Å². The Morgan fingerprint density at radius 1 is 1.29 bits per heavy atom. The summed E-state index contributed by atoms with van der Waals surface area (Å²) >= 11 is 0. The van der Waals surface area contributed by atoms with Gasteiger partial charge in [-0.2, -0.15) is 0 Å². The lowest BCUT2D eigenvalue weighted by Gasteiger charge is -2.25. The molecule has 0 spiro atoms. The van der Waals surface area contributed by atoms with E-state index < -0.39 is 0 Å². The van der Waals surface area contributed by atoms with Gasteiger partial charge in [-0.3, -0.25) is 9.78 Å². The highest BCUT2D eigenvalue weighted by molar-refractivity contribution is 5.77. The van der Waals surface area contributed by atoms with Crippen molar-refractivity contribution in [3.63, 3.8) is 0 Å². The molecule has 0 aromatic carbocycles. The molecule has 128 valence electrons. The quantitative estimate of drug-likeness (QED) is 0.817. The minimum atomic E-state index is 0.257. The third-order valence-corrected chi connectivity index (χ3v) is 4.98. The van der Waals surface area contributed by atoms with Crippen LogP contribution in [-0.4, -0.2) is 33.5 Å². The summed E-state index contributed by atoms with van der Waals surface area (Å²) in [5, 5.41) is 3.96. The third-order valence-electron chi connectivity index (χ3n) is 4.98. The predicted molar refractivity (Wildman–Crippen MR) is 91.6 cm³/mol. The van der Waals surface area contributed by atoms with Crippen LogP contribution in [0.5, 0.6) is 0 Å². The second-order valence-electron chi connectivity index (χ2n) is 6.58. The largest absolute Gasteiger partial charge is 0.361 e. The predicted octanol–water partition coefficient (Wildman–Crippen LogP) is 3.24. The van der Waals surface area contributed by atoms with Gasteiger partial charge in [-0.25, -0.2) is 0 Å². The van der Waals surface area contributed by atoms with Crippen LogP contribution < -0.4 is 0 Å². The fourth-order valence-corrected chi connectivity index (χ4v) is 3.58. The standard InChI is InChI=1S/C19H25N3O2/c1-14-18(15(2)24-21-14)7-8-19(23)22-13-3-4-17(22)6-5-16-9-11-20-12-10-16/h9-12,17H,3-8,13H2,1-2H3/t17-/m1/s1. The van der Waals surface area contributed by atoms with Gasteiger partial charge in [-0.15, -0.1) is 0 Å². The molecule has 0 bridgehead atoms. The van der Waals surface area contributed by atoms with Crippen molar-refractivity contribution in [1.82, 2.24) is 15.0 Å². The molecule has 2 aromatic heterocycles. The van der Waals surface area contributed by atoms with Gasteiger partial charge in [0.15, 0.2) is 0 Å². The van der Waals surface area contributed by atoms with Gasteiger partial charge >= 0.3 is 0 Å². The van der Waals surface area contributed by atoms with Crippen LogP contribution >= 0.6 is 0 Å². The SMILES string of the molecule is Cc1noc(C)c1CCC(=O)N1CCC[C@@H]1CCc1ccncc1. The Morgan fingerprint density at radius 2 is 2.08 bits per heavy atom. The van der Waals surface area contributed by atoms with Crippen molar-refractivity contribution in [2.75, 3.05) is 6.54 Å². The van der Waals surface area contributed by atoms with E-state index in [4.69, 9.17) is 4.52 Å². The van der Waals surface area contributed by atoms with Gasteiger partial charge < -0.3 is 9.42 Å². The molecule has 0 unspecified atom stereocenters. The highest BCUT2D eigenvalue weighted by Crippen LogP contribution is 2.24. The van der Waals surface area contributed by atoms with Crippen molar-refractivity contribution >= 4 is 5.91 Å². The molecule has 1 aliphatic heterocycles. The lowest BCUT2D eigenvalue weighted by atomic mass is 10.0. The summed E-state index contributed by atoms with van der Waals surface area (Å²) in [6.07, 6.45) is 9.16. The van der Waals surface area contributed by atoms with E-state index in [1.54, 1.807) is 0 Å². The molecular formula is C19H25N3O2. The van der Waals surface area contributed by atoms with E-state index in [1.807, 2.05) is 26.2 Å². The van der Waals surface area contributed by atoms with E-state index in [-0.39, 0.29) is 5.91 Å². The molecular weight excluding hydrogens is 302 g/mol. The molecule has 1 amide bonds. The zero-order valence-corrected chi connectivity index (χ0v) is 14.5. The third kappa shape index (κ3) is 3.83. The van der Waals surface area contributed by atoms with Crippen LogP contribution in [0, 0.1) is 13.8 Å². The Morgan fingerprint density at radius 3 is 2.79 bits per heavy atom. The molecule has 0 radical (unpaired) electrons. The Labute approximate surface area is 143 Å². The maximum Gasteiger partial charge on any atom is 0.223 e. The summed E-state index contributed by atoms with van der Waals surface area (Å²) in [6.45, 7) is 4.73. The van der Waals surface area contributed by atoms with Crippen LogP contribution in [0.4, 0.5) is 0 Å². The molecule has 3 heterocycles. The van der Waals surface area contributed by atoms with Crippen molar-refractivity contribution in [2.45, 2.75) is 58.4 Å². The highest BCUT2D eigenvalue weighted by Gasteiger charge is 2.28. The van der Waals surface area contributed by atoms with Gasteiger partial charge in [0, 0.05) is 37.0 Å². The van der Waals surface area contributed by atoms with E-state index in [9.17, 15) is 4.79 Å². The summed E-state index contributed by atoms with van der Waals surface area (Å²) in [5.41, 5.74) is 3.27. The van der Waals surface area contributed by atoms with Gasteiger partial charge in [-0.05, 0) is 63.6 Å². The first-order chi connectivity index (χ1) is 11.6. The number of aromatic nitrogens is 2. The van der Waals surface area contributed by atoms with Gasteiger partial charge in [0.1, 0.15) is 5.76 Å². The van der Waals surface area contributed by atoms with Crippen molar-refractivity contribution in [3.05, 3.63) is 47.1 Å². The molecule has 1 fully saturated rings. The minimum absolute atomic E-state index is 0.257. The summed E-state index contributed by atoms with van der Waals surface area (Å²) < 4.78 is 5.18. The average Bonchev–Trinajstić information content (AvgIpc) is 3.19. The van der Waals surface area contributed by atoms with E-state index in [0.29, 0.717) is 18.9 Å². The number of aryl methyl sites for hydroxylation is 3. The summed E-state index contributed by atoms with van der Waals surface area (Å²) in [4.78, 5) is 18.8. The lowest BCUT2D eigenvalue weighted by Crippen LogP contribution is -2.36. The minimum Gasteiger partial charge on any atom is -0.361 e. The number of carbonyl (C=O) groups excluding carboxylic acids is 1. The lowest BCUT2D eigenvalue weighted by molar-refractivity contribution is -0.132. The molecule has 5 heteroatoms. The second-order valence-corrected chi connectivity index (χ2v) is 6.58. The average molecular weight is 327 g/mol. The van der Waals surface area contributed by atoms with Gasteiger partial charge in [-0.1, -0.05) is 5.16 Å². The number of carbonyl (C=O) groups is 1. The van der Waals surface area contributed by atoms with Crippen LogP contribution in [0.2, 0.25) is 0 Å². The van der Waals surface area contributed by atoms with E-state index in [2.05, 4.69) is 27.2 Å². The Balaban J connectivity index is 1.53. The Hall–Kier alpha value is -2.17. The molecule has 3 rings (SSSR count).